The molecule has 1 rings (SSSR count). The fourth-order valence-corrected chi connectivity index (χ4v) is 2.33. The molecule has 0 spiro atoms. The Morgan fingerprint density at radius 2 is 1.58 bits per heavy atom. The van der Waals surface area contributed by atoms with Crippen molar-refractivity contribution in [2.75, 3.05) is 0 Å². The molecule has 0 saturated heterocycles. The molecule has 0 aromatic heterocycles. The molecule has 1 saturated carbocycles. The van der Waals surface area contributed by atoms with Gasteiger partial charge in [-0.15, -0.1) is 0 Å². The normalized spacial score (nSPS) is 32.0. The van der Waals surface area contributed by atoms with Crippen LogP contribution in [0, 0.1) is 17.3 Å². The Kier molecular flexibility index (Phi) is 3.20. The van der Waals surface area contributed by atoms with E-state index in [1.165, 1.54) is 32.1 Å². The van der Waals surface area contributed by atoms with Gasteiger partial charge in [0.2, 0.25) is 0 Å². The molecule has 0 N–H and O–H groups in total. The van der Waals surface area contributed by atoms with Crippen LogP contribution in [0.3, 0.4) is 0 Å². The molecule has 0 nitrogen and oxygen atoms in total. The van der Waals surface area contributed by atoms with Gasteiger partial charge in [-0.1, -0.05) is 47.0 Å². The third-order valence-electron chi connectivity index (χ3n) is 4.03. The molecular weight excluding hydrogens is 144 g/mol. The molecule has 0 radical (unpaired) electrons. The first-order valence-electron chi connectivity index (χ1n) is 5.56. The molecule has 12 heavy (non-hydrogen) atoms. The summed E-state index contributed by atoms with van der Waals surface area (Å²) < 4.78 is 0. The van der Waals surface area contributed by atoms with Gasteiger partial charge in [0.15, 0.2) is 0 Å². The minimum atomic E-state index is 0.597. The molecule has 1 aliphatic carbocycles. The van der Waals surface area contributed by atoms with E-state index in [-0.39, 0.29) is 0 Å². The second kappa shape index (κ2) is 3.81. The Labute approximate surface area is 77.7 Å². The Morgan fingerprint density at radius 1 is 1.08 bits per heavy atom. The SMILES string of the molecule is CCC(C)(C)C1CCC(C)CC1. The van der Waals surface area contributed by atoms with Crippen LogP contribution in [0.2, 0.25) is 0 Å². The van der Waals surface area contributed by atoms with Crippen molar-refractivity contribution >= 4 is 0 Å². The largest absolute Gasteiger partial charge is 0.0649 e. The Morgan fingerprint density at radius 3 is 2.00 bits per heavy atom. The lowest BCUT2D eigenvalue weighted by molar-refractivity contribution is 0.133. The smallest absolute Gasteiger partial charge is 0.0329 e. The lowest BCUT2D eigenvalue weighted by Crippen LogP contribution is -2.27. The van der Waals surface area contributed by atoms with Crippen LogP contribution < -0.4 is 0 Å². The topological polar surface area (TPSA) is 0 Å². The van der Waals surface area contributed by atoms with Gasteiger partial charge in [-0.25, -0.2) is 0 Å². The molecule has 0 aromatic rings. The van der Waals surface area contributed by atoms with Crippen LogP contribution in [0.1, 0.15) is 59.8 Å². The van der Waals surface area contributed by atoms with E-state index in [1.54, 1.807) is 0 Å². The van der Waals surface area contributed by atoms with E-state index in [1.807, 2.05) is 0 Å². The molecule has 1 aliphatic rings. The monoisotopic (exact) mass is 168 g/mol. The Hall–Kier alpha value is 0. The first-order chi connectivity index (χ1) is 5.56. The van der Waals surface area contributed by atoms with Gasteiger partial charge < -0.3 is 0 Å². The summed E-state index contributed by atoms with van der Waals surface area (Å²) in [6, 6.07) is 0. The van der Waals surface area contributed by atoms with E-state index < -0.39 is 0 Å². The van der Waals surface area contributed by atoms with E-state index in [9.17, 15) is 0 Å². The third kappa shape index (κ3) is 2.24. The molecule has 0 aromatic carbocycles. The van der Waals surface area contributed by atoms with E-state index >= 15 is 0 Å². The highest BCUT2D eigenvalue weighted by atomic mass is 14.4. The second-order valence-electron chi connectivity index (χ2n) is 5.30. The van der Waals surface area contributed by atoms with Gasteiger partial charge in [-0.05, 0) is 30.1 Å². The maximum Gasteiger partial charge on any atom is -0.0329 e. The van der Waals surface area contributed by atoms with Gasteiger partial charge in [-0.3, -0.25) is 0 Å². The summed E-state index contributed by atoms with van der Waals surface area (Å²) >= 11 is 0. The molecule has 72 valence electrons. The van der Waals surface area contributed by atoms with Crippen LogP contribution >= 0.6 is 0 Å². The van der Waals surface area contributed by atoms with Gasteiger partial charge in [0.05, 0.1) is 0 Å². The summed E-state index contributed by atoms with van der Waals surface area (Å²) in [7, 11) is 0. The van der Waals surface area contributed by atoms with Crippen molar-refractivity contribution in [3.63, 3.8) is 0 Å². The molecule has 0 heterocycles. The lowest BCUT2D eigenvalue weighted by Gasteiger charge is -2.38. The highest BCUT2D eigenvalue weighted by Gasteiger charge is 2.30. The average Bonchev–Trinajstić information content (AvgIpc) is 2.05. The Balaban J connectivity index is 2.44. The number of hydrogen-bond acceptors (Lipinski definition) is 0. The molecule has 0 heteroatoms. The standard InChI is InChI=1S/C12H24/c1-5-12(3,4)11-8-6-10(2)7-9-11/h10-11H,5-9H2,1-4H3. The van der Waals surface area contributed by atoms with Crippen molar-refractivity contribution in [2.45, 2.75) is 59.8 Å². The fourth-order valence-electron chi connectivity index (χ4n) is 2.33. The second-order valence-corrected chi connectivity index (χ2v) is 5.30. The first kappa shape index (κ1) is 10.1. The summed E-state index contributed by atoms with van der Waals surface area (Å²) in [6.07, 6.45) is 7.22. The van der Waals surface area contributed by atoms with Gasteiger partial charge in [0.1, 0.15) is 0 Å². The van der Waals surface area contributed by atoms with Gasteiger partial charge >= 0.3 is 0 Å². The summed E-state index contributed by atoms with van der Waals surface area (Å²) in [4.78, 5) is 0. The molecular formula is C12H24. The fraction of sp³-hybridized carbons (Fsp3) is 1.00. The highest BCUT2D eigenvalue weighted by molar-refractivity contribution is 4.81. The minimum Gasteiger partial charge on any atom is -0.0649 e. The lowest BCUT2D eigenvalue weighted by atomic mass is 9.68. The maximum atomic E-state index is 2.44. The van der Waals surface area contributed by atoms with E-state index in [4.69, 9.17) is 0 Å². The number of rotatable bonds is 2. The summed E-state index contributed by atoms with van der Waals surface area (Å²) in [5, 5.41) is 0. The summed E-state index contributed by atoms with van der Waals surface area (Å²) in [5.41, 5.74) is 0.597. The minimum absolute atomic E-state index is 0.597. The van der Waals surface area contributed by atoms with E-state index in [0.29, 0.717) is 5.41 Å². The van der Waals surface area contributed by atoms with Crippen LogP contribution in [0.25, 0.3) is 0 Å². The quantitative estimate of drug-likeness (QED) is 0.578. The molecule has 0 atom stereocenters. The summed E-state index contributed by atoms with van der Waals surface area (Å²) in [6.45, 7) is 9.61. The zero-order chi connectivity index (χ0) is 9.19. The molecule has 1 fully saturated rings. The van der Waals surface area contributed by atoms with Crippen molar-refractivity contribution in [2.24, 2.45) is 17.3 Å². The van der Waals surface area contributed by atoms with Gasteiger partial charge in [0, 0.05) is 0 Å². The molecule has 0 unspecified atom stereocenters. The van der Waals surface area contributed by atoms with Crippen LogP contribution in [0.4, 0.5) is 0 Å². The maximum absolute atomic E-state index is 2.44. The van der Waals surface area contributed by atoms with Crippen molar-refractivity contribution < 1.29 is 0 Å². The van der Waals surface area contributed by atoms with Crippen LogP contribution in [-0.4, -0.2) is 0 Å². The predicted octanol–water partition coefficient (Wildman–Crippen LogP) is 4.25. The molecule has 0 aliphatic heterocycles. The van der Waals surface area contributed by atoms with E-state index in [0.717, 1.165) is 11.8 Å². The van der Waals surface area contributed by atoms with Gasteiger partial charge in [-0.2, -0.15) is 0 Å². The highest BCUT2D eigenvalue weighted by Crippen LogP contribution is 2.41. The van der Waals surface area contributed by atoms with Crippen LogP contribution in [0.5, 0.6) is 0 Å². The van der Waals surface area contributed by atoms with Crippen molar-refractivity contribution in [3.05, 3.63) is 0 Å². The van der Waals surface area contributed by atoms with Crippen molar-refractivity contribution in [1.82, 2.24) is 0 Å². The van der Waals surface area contributed by atoms with Crippen molar-refractivity contribution in [1.29, 1.82) is 0 Å². The number of hydrogen-bond donors (Lipinski definition) is 0. The zero-order valence-corrected chi connectivity index (χ0v) is 9.19. The average molecular weight is 168 g/mol. The summed E-state index contributed by atoms with van der Waals surface area (Å²) in [5.74, 6) is 1.99. The van der Waals surface area contributed by atoms with Gasteiger partial charge in [0.25, 0.3) is 0 Å². The molecule has 0 bridgehead atoms. The third-order valence-corrected chi connectivity index (χ3v) is 4.03. The predicted molar refractivity (Wildman–Crippen MR) is 55.2 cm³/mol. The van der Waals surface area contributed by atoms with Crippen LogP contribution in [0.15, 0.2) is 0 Å². The zero-order valence-electron chi connectivity index (χ0n) is 9.19. The van der Waals surface area contributed by atoms with Crippen molar-refractivity contribution in [3.8, 4) is 0 Å². The first-order valence-corrected chi connectivity index (χ1v) is 5.56. The Bertz CT molecular complexity index is 127. The van der Waals surface area contributed by atoms with E-state index in [2.05, 4.69) is 27.7 Å². The molecule has 0 amide bonds. The van der Waals surface area contributed by atoms with Crippen LogP contribution in [-0.2, 0) is 0 Å².